The van der Waals surface area contributed by atoms with Crippen molar-refractivity contribution in [1.82, 2.24) is 0 Å². The Kier molecular flexibility index (Phi) is 2.63. The van der Waals surface area contributed by atoms with Gasteiger partial charge in [-0.2, -0.15) is 0 Å². The third-order valence-electron chi connectivity index (χ3n) is 1.34. The highest BCUT2D eigenvalue weighted by molar-refractivity contribution is 8.37. The summed E-state index contributed by atoms with van der Waals surface area (Å²) in [6.07, 6.45) is 1.40. The van der Waals surface area contributed by atoms with Crippen LogP contribution in [0.25, 0.3) is 0 Å². The Labute approximate surface area is 76.9 Å². The van der Waals surface area contributed by atoms with Crippen molar-refractivity contribution < 1.29 is 8.42 Å². The van der Waals surface area contributed by atoms with Crippen LogP contribution >= 0.6 is 11.8 Å². The topological polar surface area (TPSA) is 46.5 Å². The third-order valence-corrected chi connectivity index (χ3v) is 4.59. The zero-order chi connectivity index (χ0) is 9.35. The Morgan fingerprint density at radius 3 is 2.42 bits per heavy atom. The van der Waals surface area contributed by atoms with E-state index in [4.69, 9.17) is 0 Å². The minimum absolute atomic E-state index is 0.231. The van der Waals surface area contributed by atoms with Crippen molar-refractivity contribution in [2.75, 3.05) is 0 Å². The van der Waals surface area contributed by atoms with Crippen LogP contribution in [0.1, 0.15) is 20.8 Å². The van der Waals surface area contributed by atoms with Crippen LogP contribution in [-0.4, -0.2) is 18.0 Å². The summed E-state index contributed by atoms with van der Waals surface area (Å²) in [7, 11) is -3.19. The van der Waals surface area contributed by atoms with Gasteiger partial charge in [0.1, 0.15) is 0 Å². The Morgan fingerprint density at radius 1 is 1.50 bits per heavy atom. The van der Waals surface area contributed by atoms with Gasteiger partial charge in [-0.05, 0) is 6.92 Å². The number of sulfone groups is 1. The quantitative estimate of drug-likeness (QED) is 0.655. The molecule has 0 N–H and O–H groups in total. The molecule has 12 heavy (non-hydrogen) atoms. The third kappa shape index (κ3) is 1.72. The fourth-order valence-corrected chi connectivity index (χ4v) is 3.37. The number of allylic oxidation sites excluding steroid dienone is 1. The normalized spacial score (nSPS) is 21.0. The first kappa shape index (κ1) is 9.80. The molecule has 0 fully saturated rings. The van der Waals surface area contributed by atoms with Gasteiger partial charge in [-0.15, -0.1) is 0 Å². The first-order valence-corrected chi connectivity index (χ1v) is 5.97. The Hall–Kier alpha value is -0.290. The van der Waals surface area contributed by atoms with Gasteiger partial charge in [0.2, 0.25) is 9.84 Å². The zero-order valence-corrected chi connectivity index (χ0v) is 8.87. The molecule has 0 aliphatic carbocycles. The molecule has 5 heteroatoms. The molecule has 68 valence electrons. The summed E-state index contributed by atoms with van der Waals surface area (Å²) in [6, 6.07) is 0. The first-order chi connectivity index (χ1) is 5.44. The average Bonchev–Trinajstić information content (AvgIpc) is 2.15. The molecule has 1 aliphatic rings. The maximum absolute atomic E-state index is 11.4. The molecule has 0 amide bonds. The maximum Gasteiger partial charge on any atom is 0.227 e. The van der Waals surface area contributed by atoms with Gasteiger partial charge in [0.05, 0.1) is 4.91 Å². The van der Waals surface area contributed by atoms with Gasteiger partial charge in [-0.1, -0.05) is 25.6 Å². The van der Waals surface area contributed by atoms with Crippen molar-refractivity contribution in [2.24, 2.45) is 4.99 Å². The summed E-state index contributed by atoms with van der Waals surface area (Å²) in [6.45, 7) is 5.44. The van der Waals surface area contributed by atoms with Gasteiger partial charge in [0, 0.05) is 11.4 Å². The highest BCUT2D eigenvalue weighted by atomic mass is 32.3. The van der Waals surface area contributed by atoms with E-state index in [-0.39, 0.29) is 9.63 Å². The number of aliphatic imine (C=N–C) groups is 1. The van der Waals surface area contributed by atoms with Crippen molar-refractivity contribution >= 4 is 26.0 Å². The molecule has 3 nitrogen and oxygen atoms in total. The molecule has 1 rings (SSSR count). The second kappa shape index (κ2) is 3.22. The summed E-state index contributed by atoms with van der Waals surface area (Å²) < 4.78 is 23.0. The van der Waals surface area contributed by atoms with E-state index in [0.29, 0.717) is 4.91 Å². The molecule has 0 atom stereocenters. The highest BCUT2D eigenvalue weighted by Gasteiger charge is 2.27. The molecular formula is C7H11NO2S2. The predicted octanol–water partition coefficient (Wildman–Crippen LogP) is 1.77. The Balaban J connectivity index is 2.88. The Bertz CT molecular complexity index is 338. The van der Waals surface area contributed by atoms with Gasteiger partial charge >= 0.3 is 0 Å². The molecule has 0 aromatic rings. The van der Waals surface area contributed by atoms with Gasteiger partial charge in [0.15, 0.2) is 4.38 Å². The Morgan fingerprint density at radius 2 is 2.08 bits per heavy atom. The molecule has 0 radical (unpaired) electrons. The molecule has 0 saturated carbocycles. The van der Waals surface area contributed by atoms with Crippen molar-refractivity contribution in [2.45, 2.75) is 26.0 Å². The van der Waals surface area contributed by atoms with Gasteiger partial charge < -0.3 is 0 Å². The molecule has 0 unspecified atom stereocenters. The lowest BCUT2D eigenvalue weighted by Gasteiger charge is -2.03. The number of hydrogen-bond donors (Lipinski definition) is 0. The fraction of sp³-hybridized carbons (Fsp3) is 0.571. The van der Waals surface area contributed by atoms with Crippen molar-refractivity contribution in [3.63, 3.8) is 0 Å². The summed E-state index contributed by atoms with van der Waals surface area (Å²) >= 11 is 1.28. The lowest BCUT2D eigenvalue weighted by Crippen LogP contribution is -2.10. The van der Waals surface area contributed by atoms with E-state index in [0.717, 1.165) is 0 Å². The summed E-state index contributed by atoms with van der Waals surface area (Å²) in [5.74, 6) is 0. The fourth-order valence-electron chi connectivity index (χ4n) is 0.715. The molecule has 0 aromatic carbocycles. The monoisotopic (exact) mass is 205 g/mol. The van der Waals surface area contributed by atoms with Crippen molar-refractivity contribution in [3.8, 4) is 0 Å². The molecule has 0 bridgehead atoms. The minimum Gasteiger partial charge on any atom is -0.237 e. The lowest BCUT2D eigenvalue weighted by atomic mass is 10.6. The van der Waals surface area contributed by atoms with Crippen LogP contribution in [0.3, 0.4) is 0 Å². The molecule has 1 heterocycles. The minimum atomic E-state index is -3.19. The number of thioether (sulfide) groups is 1. The van der Waals surface area contributed by atoms with E-state index in [2.05, 4.69) is 4.99 Å². The second-order valence-corrected chi connectivity index (χ2v) is 6.67. The molecular weight excluding hydrogens is 194 g/mol. The van der Waals surface area contributed by atoms with Crippen LogP contribution in [-0.2, 0) is 9.84 Å². The summed E-state index contributed by atoms with van der Waals surface area (Å²) in [5, 5.41) is 0.248. The van der Waals surface area contributed by atoms with Gasteiger partial charge in [-0.25, -0.2) is 13.4 Å². The van der Waals surface area contributed by atoms with Gasteiger partial charge in [-0.3, -0.25) is 0 Å². The first-order valence-electron chi connectivity index (χ1n) is 3.61. The lowest BCUT2D eigenvalue weighted by molar-refractivity contribution is 0.613. The van der Waals surface area contributed by atoms with Crippen molar-refractivity contribution in [3.05, 3.63) is 11.1 Å². The largest absolute Gasteiger partial charge is 0.237 e. The van der Waals surface area contributed by atoms with Crippen LogP contribution in [0.2, 0.25) is 0 Å². The molecule has 0 saturated heterocycles. The van der Waals surface area contributed by atoms with E-state index >= 15 is 0 Å². The van der Waals surface area contributed by atoms with E-state index in [1.54, 1.807) is 6.92 Å². The smallest absolute Gasteiger partial charge is 0.227 e. The van der Waals surface area contributed by atoms with Crippen LogP contribution in [0.4, 0.5) is 0 Å². The summed E-state index contributed by atoms with van der Waals surface area (Å²) in [5.41, 5.74) is 0. The predicted molar refractivity (Wildman–Crippen MR) is 52.8 cm³/mol. The number of rotatable bonds is 1. The molecule has 0 aromatic heterocycles. The van der Waals surface area contributed by atoms with E-state index in [9.17, 15) is 8.42 Å². The zero-order valence-electron chi connectivity index (χ0n) is 7.23. The summed E-state index contributed by atoms with van der Waals surface area (Å²) in [4.78, 5) is 4.18. The number of hydrogen-bond acceptors (Lipinski definition) is 4. The van der Waals surface area contributed by atoms with Crippen molar-refractivity contribution in [1.29, 1.82) is 0 Å². The van der Waals surface area contributed by atoms with Crippen LogP contribution < -0.4 is 0 Å². The van der Waals surface area contributed by atoms with E-state index < -0.39 is 9.84 Å². The van der Waals surface area contributed by atoms with Crippen LogP contribution in [0, 0.1) is 0 Å². The SMILES string of the molecule is CC1=CN=C(SC(C)C)S1(=O)=O. The highest BCUT2D eigenvalue weighted by Crippen LogP contribution is 2.26. The van der Waals surface area contributed by atoms with E-state index in [1.165, 1.54) is 18.0 Å². The van der Waals surface area contributed by atoms with Crippen LogP contribution in [0.15, 0.2) is 16.1 Å². The molecule has 0 spiro atoms. The maximum atomic E-state index is 11.4. The molecule has 1 aliphatic heterocycles. The average molecular weight is 205 g/mol. The second-order valence-electron chi connectivity index (χ2n) is 2.80. The standard InChI is InChI=1S/C7H11NO2S2/c1-5(2)11-7-8-4-6(3)12(7,9)10/h4-5H,1-3H3. The van der Waals surface area contributed by atoms with Crippen LogP contribution in [0.5, 0.6) is 0 Å². The van der Waals surface area contributed by atoms with E-state index in [1.807, 2.05) is 13.8 Å². The number of nitrogens with zero attached hydrogens (tertiary/aromatic N) is 1. The van der Waals surface area contributed by atoms with Gasteiger partial charge in [0.25, 0.3) is 0 Å².